The summed E-state index contributed by atoms with van der Waals surface area (Å²) in [5.41, 5.74) is 1.48. The molecular weight excluding hydrogens is 146 g/mol. The highest BCUT2D eigenvalue weighted by atomic mass is 15.1. The van der Waals surface area contributed by atoms with Crippen molar-refractivity contribution in [3.8, 4) is 0 Å². The molecule has 0 aromatic carbocycles. The van der Waals surface area contributed by atoms with E-state index in [1.165, 1.54) is 31.5 Å². The van der Waals surface area contributed by atoms with E-state index in [0.29, 0.717) is 0 Å². The molecule has 0 heterocycles. The average Bonchev–Trinajstić information content (AvgIpc) is 2.05. The van der Waals surface area contributed by atoms with Crippen LogP contribution in [0.25, 0.3) is 0 Å². The molecule has 0 fully saturated rings. The molecule has 72 valence electrons. The first-order valence-corrected chi connectivity index (χ1v) is 5.08. The minimum absolute atomic E-state index is 1.15. The van der Waals surface area contributed by atoms with E-state index in [4.69, 9.17) is 0 Å². The second-order valence-corrected chi connectivity index (χ2v) is 3.41. The summed E-state index contributed by atoms with van der Waals surface area (Å²) in [5, 5.41) is 0. The monoisotopic (exact) mass is 169 g/mol. The first-order chi connectivity index (χ1) is 5.74. The van der Waals surface area contributed by atoms with Crippen LogP contribution in [0.2, 0.25) is 0 Å². The molecule has 0 amide bonds. The molecule has 0 aliphatic rings. The van der Waals surface area contributed by atoms with Crippen molar-refractivity contribution >= 4 is 0 Å². The molecule has 1 nitrogen and oxygen atoms in total. The number of hydrogen-bond acceptors (Lipinski definition) is 1. The van der Waals surface area contributed by atoms with E-state index in [9.17, 15) is 0 Å². The molecule has 12 heavy (non-hydrogen) atoms. The van der Waals surface area contributed by atoms with Crippen LogP contribution < -0.4 is 0 Å². The van der Waals surface area contributed by atoms with Crippen LogP contribution in [-0.4, -0.2) is 24.5 Å². The molecule has 0 N–H and O–H groups in total. The van der Waals surface area contributed by atoms with Crippen LogP contribution in [0.15, 0.2) is 11.6 Å². The van der Waals surface area contributed by atoms with Crippen molar-refractivity contribution in [3.63, 3.8) is 0 Å². The van der Waals surface area contributed by atoms with Crippen molar-refractivity contribution < 1.29 is 0 Å². The van der Waals surface area contributed by atoms with Crippen LogP contribution in [0, 0.1) is 0 Å². The second-order valence-electron chi connectivity index (χ2n) is 3.41. The number of rotatable bonds is 6. The molecule has 0 aliphatic carbocycles. The molecule has 0 saturated carbocycles. The summed E-state index contributed by atoms with van der Waals surface area (Å²) in [7, 11) is 0. The zero-order valence-corrected chi connectivity index (χ0v) is 9.06. The lowest BCUT2D eigenvalue weighted by Crippen LogP contribution is -2.27. The fourth-order valence-corrected chi connectivity index (χ4v) is 1.35. The van der Waals surface area contributed by atoms with Gasteiger partial charge in [0.15, 0.2) is 0 Å². The maximum atomic E-state index is 2.52. The van der Waals surface area contributed by atoms with Crippen molar-refractivity contribution in [1.82, 2.24) is 4.90 Å². The Balaban J connectivity index is 3.77. The third-order valence-electron chi connectivity index (χ3n) is 2.05. The van der Waals surface area contributed by atoms with Crippen LogP contribution in [0.4, 0.5) is 0 Å². The number of allylic oxidation sites excluding steroid dienone is 1. The fraction of sp³-hybridized carbons (Fsp3) is 0.818. The van der Waals surface area contributed by atoms with Gasteiger partial charge in [-0.2, -0.15) is 0 Å². The van der Waals surface area contributed by atoms with Gasteiger partial charge >= 0.3 is 0 Å². The lowest BCUT2D eigenvalue weighted by atomic mass is 10.2. The van der Waals surface area contributed by atoms with Crippen LogP contribution in [-0.2, 0) is 0 Å². The first-order valence-electron chi connectivity index (χ1n) is 5.08. The molecule has 0 bridgehead atoms. The number of hydrogen-bond donors (Lipinski definition) is 0. The summed E-state index contributed by atoms with van der Waals surface area (Å²) in [4.78, 5) is 2.52. The SMILES string of the molecule is CC=C(C)CN(CCC)CCC. The van der Waals surface area contributed by atoms with Gasteiger partial charge in [0.25, 0.3) is 0 Å². The van der Waals surface area contributed by atoms with Gasteiger partial charge < -0.3 is 0 Å². The van der Waals surface area contributed by atoms with E-state index in [1.54, 1.807) is 0 Å². The molecule has 0 aromatic rings. The summed E-state index contributed by atoms with van der Waals surface area (Å²) in [6.07, 6.45) is 4.73. The summed E-state index contributed by atoms with van der Waals surface area (Å²) >= 11 is 0. The minimum Gasteiger partial charge on any atom is -0.299 e. The third-order valence-corrected chi connectivity index (χ3v) is 2.05. The average molecular weight is 169 g/mol. The van der Waals surface area contributed by atoms with Crippen molar-refractivity contribution in [2.45, 2.75) is 40.5 Å². The smallest absolute Gasteiger partial charge is 0.0189 e. The number of nitrogens with zero attached hydrogens (tertiary/aromatic N) is 1. The Hall–Kier alpha value is -0.300. The quantitative estimate of drug-likeness (QED) is 0.552. The van der Waals surface area contributed by atoms with E-state index in [2.05, 4.69) is 38.7 Å². The highest BCUT2D eigenvalue weighted by Crippen LogP contribution is 2.00. The van der Waals surface area contributed by atoms with Crippen molar-refractivity contribution in [3.05, 3.63) is 11.6 Å². The van der Waals surface area contributed by atoms with Gasteiger partial charge in [-0.3, -0.25) is 4.90 Å². The fourth-order valence-electron chi connectivity index (χ4n) is 1.35. The summed E-state index contributed by atoms with van der Waals surface area (Å²) in [6.45, 7) is 12.4. The maximum absolute atomic E-state index is 2.52. The van der Waals surface area contributed by atoms with Crippen molar-refractivity contribution in [2.75, 3.05) is 19.6 Å². The topological polar surface area (TPSA) is 3.24 Å². The van der Waals surface area contributed by atoms with E-state index >= 15 is 0 Å². The van der Waals surface area contributed by atoms with Crippen LogP contribution >= 0.6 is 0 Å². The predicted molar refractivity (Wildman–Crippen MR) is 56.5 cm³/mol. The Bertz CT molecular complexity index is 121. The maximum Gasteiger partial charge on any atom is 0.0189 e. The summed E-state index contributed by atoms with van der Waals surface area (Å²) in [5.74, 6) is 0. The molecule has 0 atom stereocenters. The van der Waals surface area contributed by atoms with Crippen molar-refractivity contribution in [1.29, 1.82) is 0 Å². The minimum atomic E-state index is 1.15. The summed E-state index contributed by atoms with van der Waals surface area (Å²) in [6, 6.07) is 0. The van der Waals surface area contributed by atoms with Gasteiger partial charge in [0, 0.05) is 6.54 Å². The van der Waals surface area contributed by atoms with Crippen LogP contribution in [0.5, 0.6) is 0 Å². The standard InChI is InChI=1S/C11H23N/c1-5-8-12(9-6-2)10-11(4)7-3/h7H,5-6,8-10H2,1-4H3. The van der Waals surface area contributed by atoms with E-state index in [-0.39, 0.29) is 0 Å². The van der Waals surface area contributed by atoms with E-state index in [0.717, 1.165) is 6.54 Å². The van der Waals surface area contributed by atoms with Gasteiger partial charge in [0.2, 0.25) is 0 Å². The Morgan fingerprint density at radius 3 is 2.00 bits per heavy atom. The van der Waals surface area contributed by atoms with Gasteiger partial charge in [-0.25, -0.2) is 0 Å². The lowest BCUT2D eigenvalue weighted by Gasteiger charge is -2.20. The molecule has 0 aromatic heterocycles. The second kappa shape index (κ2) is 7.35. The van der Waals surface area contributed by atoms with Gasteiger partial charge in [0.1, 0.15) is 0 Å². The zero-order chi connectivity index (χ0) is 9.40. The van der Waals surface area contributed by atoms with Gasteiger partial charge in [-0.1, -0.05) is 25.5 Å². The Morgan fingerprint density at radius 1 is 1.17 bits per heavy atom. The normalized spacial score (nSPS) is 12.6. The highest BCUT2D eigenvalue weighted by molar-refractivity contribution is 4.98. The Morgan fingerprint density at radius 2 is 1.67 bits per heavy atom. The molecule has 0 rings (SSSR count). The molecule has 0 spiro atoms. The highest BCUT2D eigenvalue weighted by Gasteiger charge is 2.01. The molecule has 0 saturated heterocycles. The van der Waals surface area contributed by atoms with E-state index in [1.807, 2.05) is 0 Å². The zero-order valence-electron chi connectivity index (χ0n) is 9.06. The molecule has 1 heteroatoms. The molecular formula is C11H23N. The summed E-state index contributed by atoms with van der Waals surface area (Å²) < 4.78 is 0. The van der Waals surface area contributed by atoms with Gasteiger partial charge in [-0.05, 0) is 39.8 Å². The van der Waals surface area contributed by atoms with E-state index < -0.39 is 0 Å². The Labute approximate surface area is 77.5 Å². The molecule has 0 radical (unpaired) electrons. The Kier molecular flexibility index (Phi) is 7.17. The van der Waals surface area contributed by atoms with Crippen LogP contribution in [0.3, 0.4) is 0 Å². The van der Waals surface area contributed by atoms with Crippen LogP contribution in [0.1, 0.15) is 40.5 Å². The molecule has 0 unspecified atom stereocenters. The van der Waals surface area contributed by atoms with Gasteiger partial charge in [-0.15, -0.1) is 0 Å². The third kappa shape index (κ3) is 5.36. The predicted octanol–water partition coefficient (Wildman–Crippen LogP) is 3.07. The molecule has 0 aliphatic heterocycles. The lowest BCUT2D eigenvalue weighted by molar-refractivity contribution is 0.297. The largest absolute Gasteiger partial charge is 0.299 e. The first kappa shape index (κ1) is 11.7. The van der Waals surface area contributed by atoms with Gasteiger partial charge in [0.05, 0.1) is 0 Å². The van der Waals surface area contributed by atoms with Crippen molar-refractivity contribution in [2.24, 2.45) is 0 Å².